The topological polar surface area (TPSA) is 86.2 Å². The highest BCUT2D eigenvalue weighted by Crippen LogP contribution is 2.15. The molecule has 6 heteroatoms. The zero-order chi connectivity index (χ0) is 24.2. The van der Waals surface area contributed by atoms with Gasteiger partial charge < -0.3 is 11.5 Å². The van der Waals surface area contributed by atoms with Crippen molar-refractivity contribution in [2.24, 2.45) is 23.3 Å². The van der Waals surface area contributed by atoms with Crippen LogP contribution in [0.3, 0.4) is 0 Å². The maximum absolute atomic E-state index is 12.0. The Kier molecular flexibility index (Phi) is 21.5. The lowest BCUT2D eigenvalue weighted by Crippen LogP contribution is -2.36. The minimum absolute atomic E-state index is 0.226. The highest BCUT2D eigenvalue weighted by molar-refractivity contribution is 7.99. The first kappa shape index (κ1) is 32.0. The minimum Gasteiger partial charge on any atom is -0.321 e. The molecule has 4 atom stereocenters. The quantitative estimate of drug-likeness (QED) is 0.166. The predicted molar refractivity (Wildman–Crippen MR) is 146 cm³/mol. The van der Waals surface area contributed by atoms with Gasteiger partial charge >= 0.3 is 0 Å². The average Bonchev–Trinajstić information content (AvgIpc) is 2.81. The first-order valence-corrected chi connectivity index (χ1v) is 15.4. The summed E-state index contributed by atoms with van der Waals surface area (Å²) in [6, 6.07) is -0.552. The lowest BCUT2D eigenvalue weighted by Gasteiger charge is -2.16. The fraction of sp³-hybridized carbons (Fsp3) is 0.923. The van der Waals surface area contributed by atoms with Crippen LogP contribution in [-0.4, -0.2) is 46.7 Å². The van der Waals surface area contributed by atoms with Crippen LogP contribution in [0.1, 0.15) is 105 Å². The molecule has 0 saturated carbocycles. The van der Waals surface area contributed by atoms with E-state index in [1.54, 1.807) is 0 Å². The second-order valence-electron chi connectivity index (χ2n) is 9.31. The Labute approximate surface area is 207 Å². The number of rotatable bonds is 23. The van der Waals surface area contributed by atoms with Gasteiger partial charge in [0, 0.05) is 24.3 Å². The van der Waals surface area contributed by atoms with Crippen LogP contribution in [0, 0.1) is 11.8 Å². The summed E-state index contributed by atoms with van der Waals surface area (Å²) < 4.78 is 0. The number of nitrogens with two attached hydrogens (primary N) is 2. The Morgan fingerprint density at radius 3 is 1.22 bits per heavy atom. The molecular formula is C26H52N2O2S2. The van der Waals surface area contributed by atoms with Gasteiger partial charge in [-0.05, 0) is 36.2 Å². The van der Waals surface area contributed by atoms with E-state index >= 15 is 0 Å². The van der Waals surface area contributed by atoms with Gasteiger partial charge in [0.1, 0.15) is 0 Å². The fourth-order valence-corrected chi connectivity index (χ4v) is 5.41. The van der Waals surface area contributed by atoms with Gasteiger partial charge in [0.15, 0.2) is 11.6 Å². The van der Waals surface area contributed by atoms with Crippen molar-refractivity contribution < 1.29 is 9.59 Å². The van der Waals surface area contributed by atoms with Gasteiger partial charge in [0.25, 0.3) is 0 Å². The van der Waals surface area contributed by atoms with Gasteiger partial charge in [-0.15, -0.1) is 0 Å². The number of hydrogen-bond donors (Lipinski definition) is 2. The first-order valence-electron chi connectivity index (χ1n) is 13.1. The molecule has 0 unspecified atom stereocenters. The van der Waals surface area contributed by atoms with Crippen LogP contribution in [0.2, 0.25) is 0 Å². The van der Waals surface area contributed by atoms with Crippen molar-refractivity contribution >= 4 is 35.1 Å². The Morgan fingerprint density at radius 2 is 0.906 bits per heavy atom. The fourth-order valence-electron chi connectivity index (χ4n) is 3.49. The third kappa shape index (κ3) is 16.6. The summed E-state index contributed by atoms with van der Waals surface area (Å²) >= 11 is 3.80. The number of thioether (sulfide) groups is 2. The molecule has 0 aliphatic heterocycles. The van der Waals surface area contributed by atoms with E-state index in [2.05, 4.69) is 27.7 Å². The number of carbonyl (C=O) groups is 2. The van der Waals surface area contributed by atoms with E-state index in [0.717, 1.165) is 35.9 Å². The summed E-state index contributed by atoms with van der Waals surface area (Å²) in [6.45, 7) is 8.30. The lowest BCUT2D eigenvalue weighted by molar-refractivity contribution is -0.121. The molecule has 0 fully saturated rings. The molecule has 0 aliphatic rings. The molecule has 190 valence electrons. The molecule has 4 nitrogen and oxygen atoms in total. The van der Waals surface area contributed by atoms with Crippen molar-refractivity contribution in [1.82, 2.24) is 0 Å². The van der Waals surface area contributed by atoms with Crippen molar-refractivity contribution in [3.8, 4) is 0 Å². The van der Waals surface area contributed by atoms with Gasteiger partial charge in [0.05, 0.1) is 12.1 Å². The van der Waals surface area contributed by atoms with Crippen LogP contribution in [0.25, 0.3) is 0 Å². The van der Waals surface area contributed by atoms with Gasteiger partial charge in [0.2, 0.25) is 0 Å². The van der Waals surface area contributed by atoms with Gasteiger partial charge in [-0.2, -0.15) is 23.5 Å². The molecule has 0 spiro atoms. The van der Waals surface area contributed by atoms with Crippen LogP contribution in [0.15, 0.2) is 0 Å². The summed E-state index contributed by atoms with van der Waals surface area (Å²) in [7, 11) is 0. The largest absolute Gasteiger partial charge is 0.321 e. The molecule has 0 heterocycles. The highest BCUT2D eigenvalue weighted by atomic mass is 32.2. The second-order valence-corrected chi connectivity index (χ2v) is 11.8. The van der Waals surface area contributed by atoms with Crippen molar-refractivity contribution in [1.29, 1.82) is 0 Å². The van der Waals surface area contributed by atoms with Crippen LogP contribution in [0.5, 0.6) is 0 Å². The summed E-state index contributed by atoms with van der Waals surface area (Å²) in [5.41, 5.74) is 12.0. The normalized spacial score (nSPS) is 15.3. The average molecular weight is 489 g/mol. The summed E-state index contributed by atoms with van der Waals surface area (Å²) in [5, 5.41) is 0. The van der Waals surface area contributed by atoms with E-state index in [-0.39, 0.29) is 23.7 Å². The molecule has 32 heavy (non-hydrogen) atoms. The van der Waals surface area contributed by atoms with Crippen LogP contribution in [0.4, 0.5) is 0 Å². The second kappa shape index (κ2) is 21.5. The number of ketones is 2. The van der Waals surface area contributed by atoms with E-state index < -0.39 is 0 Å². The van der Waals surface area contributed by atoms with Crippen molar-refractivity contribution in [2.75, 3.05) is 23.0 Å². The van der Waals surface area contributed by atoms with Crippen molar-refractivity contribution in [2.45, 2.75) is 117 Å². The molecule has 0 aromatic carbocycles. The molecule has 0 aromatic rings. The van der Waals surface area contributed by atoms with E-state index in [1.807, 2.05) is 23.5 Å². The summed E-state index contributed by atoms with van der Waals surface area (Å²) in [4.78, 5) is 24.0. The van der Waals surface area contributed by atoms with E-state index in [1.165, 1.54) is 51.4 Å². The molecule has 0 saturated heterocycles. The van der Waals surface area contributed by atoms with Gasteiger partial charge in [-0.1, -0.05) is 79.1 Å². The maximum atomic E-state index is 12.0. The Morgan fingerprint density at radius 1 is 0.594 bits per heavy atom. The lowest BCUT2D eigenvalue weighted by atomic mass is 9.95. The Balaban J connectivity index is 3.35. The number of hydrogen-bond acceptors (Lipinski definition) is 6. The first-order chi connectivity index (χ1) is 15.3. The summed E-state index contributed by atoms with van der Waals surface area (Å²) in [5.74, 6) is 5.19. The van der Waals surface area contributed by atoms with E-state index in [0.29, 0.717) is 24.7 Å². The number of unbranched alkanes of at least 4 members (excludes halogenated alkanes) is 7. The monoisotopic (exact) mass is 488 g/mol. The molecule has 0 radical (unpaired) electrons. The molecule has 0 aromatic heterocycles. The molecule has 0 amide bonds. The third-order valence-electron chi connectivity index (χ3n) is 6.57. The van der Waals surface area contributed by atoms with Gasteiger partial charge in [-0.3, -0.25) is 9.59 Å². The third-order valence-corrected chi connectivity index (χ3v) is 8.71. The number of carbonyl (C=O) groups excluding carboxylic acids is 2. The Hall–Kier alpha value is -0.0400. The van der Waals surface area contributed by atoms with Crippen LogP contribution < -0.4 is 11.5 Å². The number of Topliss-reactive ketones (excluding diaryl/α,β-unsaturated/α-hetero) is 2. The van der Waals surface area contributed by atoms with Crippen LogP contribution >= 0.6 is 23.5 Å². The van der Waals surface area contributed by atoms with Gasteiger partial charge in [-0.25, -0.2) is 0 Å². The van der Waals surface area contributed by atoms with E-state index in [9.17, 15) is 9.59 Å². The SMILES string of the molecule is CC[C@H](C)[C@H](N)C(=O)CCSCCCCCCCCCCSCCC(=O)[C@@H](N)[C@@H](C)CC. The van der Waals surface area contributed by atoms with Crippen molar-refractivity contribution in [3.63, 3.8) is 0 Å². The smallest absolute Gasteiger partial charge is 0.150 e. The zero-order valence-corrected chi connectivity index (χ0v) is 23.0. The standard InChI is InChI=1S/C26H52N2O2S2/c1-5-21(3)25(27)23(29)15-19-31-17-13-11-9-7-8-10-12-14-18-32-20-16-24(30)26(28)22(4)6-2/h21-22,25-26H,5-20,27-28H2,1-4H3/t21-,22-,25-,26-/m0/s1. The molecule has 0 bridgehead atoms. The molecule has 4 N–H and O–H groups in total. The molecule has 0 aliphatic carbocycles. The Bertz CT molecular complexity index is 435. The predicted octanol–water partition coefficient (Wildman–Crippen LogP) is 6.24. The molecular weight excluding hydrogens is 436 g/mol. The minimum atomic E-state index is -0.276. The molecule has 0 rings (SSSR count). The highest BCUT2D eigenvalue weighted by Gasteiger charge is 2.19. The van der Waals surface area contributed by atoms with E-state index in [4.69, 9.17) is 11.5 Å². The zero-order valence-electron chi connectivity index (χ0n) is 21.4. The maximum Gasteiger partial charge on any atom is 0.150 e. The summed E-state index contributed by atoms with van der Waals surface area (Å²) in [6.07, 6.45) is 13.6. The van der Waals surface area contributed by atoms with Crippen molar-refractivity contribution in [3.05, 3.63) is 0 Å². The van der Waals surface area contributed by atoms with Crippen LogP contribution in [-0.2, 0) is 9.59 Å².